The van der Waals surface area contributed by atoms with E-state index in [4.69, 9.17) is 14.2 Å². The van der Waals surface area contributed by atoms with Gasteiger partial charge in [0, 0.05) is 24.4 Å². The van der Waals surface area contributed by atoms with Gasteiger partial charge in [-0.3, -0.25) is 0 Å². The van der Waals surface area contributed by atoms with Gasteiger partial charge in [-0.05, 0) is 90.8 Å². The number of carbonyl (C=O) groups is 1. The summed E-state index contributed by atoms with van der Waals surface area (Å²) < 4.78 is 17.0. The van der Waals surface area contributed by atoms with Crippen LogP contribution in [0.25, 0.3) is 0 Å². The van der Waals surface area contributed by atoms with E-state index >= 15 is 0 Å². The third-order valence-corrected chi connectivity index (χ3v) is 9.48. The second-order valence-electron chi connectivity index (χ2n) is 11.1. The Morgan fingerprint density at radius 2 is 1.82 bits per heavy atom. The first-order valence-corrected chi connectivity index (χ1v) is 12.8. The molecule has 0 aromatic heterocycles. The molecule has 1 saturated heterocycles. The maximum atomic E-state index is 13.1. The summed E-state index contributed by atoms with van der Waals surface area (Å²) in [6, 6.07) is 14.7. The fraction of sp³-hybridized carbons (Fsp3) is 0.552. The van der Waals surface area contributed by atoms with Crippen LogP contribution in [0.15, 0.2) is 42.5 Å². The van der Waals surface area contributed by atoms with E-state index in [9.17, 15) is 4.79 Å². The normalized spacial score (nSPS) is 33.8. The molecule has 3 aliphatic carbocycles. The minimum Gasteiger partial charge on any atom is -0.497 e. The highest BCUT2D eigenvalue weighted by atomic mass is 16.6. The molecule has 1 amide bonds. The summed E-state index contributed by atoms with van der Waals surface area (Å²) in [6.07, 6.45) is 5.75. The molecule has 0 radical (unpaired) electrons. The van der Waals surface area contributed by atoms with Crippen LogP contribution >= 0.6 is 0 Å². The molecule has 5 nitrogen and oxygen atoms in total. The molecule has 5 heteroatoms. The highest BCUT2D eigenvalue weighted by molar-refractivity contribution is 5.69. The largest absolute Gasteiger partial charge is 0.497 e. The molecule has 6 rings (SSSR count). The Labute approximate surface area is 202 Å². The van der Waals surface area contributed by atoms with Crippen LogP contribution < -0.4 is 9.47 Å². The molecule has 180 valence electrons. The summed E-state index contributed by atoms with van der Waals surface area (Å²) in [7, 11) is 3.42. The van der Waals surface area contributed by atoms with Crippen molar-refractivity contribution in [1.29, 1.82) is 0 Å². The van der Waals surface area contributed by atoms with Gasteiger partial charge in [-0.25, -0.2) is 4.79 Å². The predicted molar refractivity (Wildman–Crippen MR) is 130 cm³/mol. The highest BCUT2D eigenvalue weighted by Crippen LogP contribution is 2.63. The van der Waals surface area contributed by atoms with Crippen molar-refractivity contribution in [2.75, 3.05) is 20.8 Å². The molecule has 2 aromatic carbocycles. The lowest BCUT2D eigenvalue weighted by Crippen LogP contribution is -2.51. The predicted octanol–water partition coefficient (Wildman–Crippen LogP) is 5.81. The van der Waals surface area contributed by atoms with Gasteiger partial charge in [0.05, 0.1) is 14.2 Å². The van der Waals surface area contributed by atoms with E-state index < -0.39 is 0 Å². The monoisotopic (exact) mass is 461 g/mol. The Kier molecular flexibility index (Phi) is 5.27. The number of methoxy groups -OCH3 is 2. The quantitative estimate of drug-likeness (QED) is 0.577. The van der Waals surface area contributed by atoms with E-state index in [1.54, 1.807) is 14.2 Å². The number of rotatable bonds is 4. The third-order valence-electron chi connectivity index (χ3n) is 9.48. The molecule has 2 aromatic rings. The lowest BCUT2D eigenvalue weighted by Gasteiger charge is -2.51. The van der Waals surface area contributed by atoms with Crippen LogP contribution in [0.3, 0.4) is 0 Å². The summed E-state index contributed by atoms with van der Waals surface area (Å²) in [4.78, 5) is 15.0. The molecule has 0 spiro atoms. The number of nitrogens with zero attached hydrogens (tertiary/aromatic N) is 1. The second-order valence-corrected chi connectivity index (χ2v) is 11.1. The van der Waals surface area contributed by atoms with Crippen LogP contribution in [0.1, 0.15) is 55.2 Å². The second kappa shape index (κ2) is 8.21. The number of aryl methyl sites for hydroxylation is 1. The van der Waals surface area contributed by atoms with Gasteiger partial charge in [0.1, 0.15) is 17.6 Å². The average Bonchev–Trinajstić information content (AvgIpc) is 3.15. The van der Waals surface area contributed by atoms with Gasteiger partial charge in [-0.2, -0.15) is 0 Å². The number of hydrogen-bond donors (Lipinski definition) is 0. The molecule has 1 aliphatic heterocycles. The molecule has 0 N–H and O–H groups in total. The van der Waals surface area contributed by atoms with Gasteiger partial charge in [0.25, 0.3) is 0 Å². The molecule has 34 heavy (non-hydrogen) atoms. The summed E-state index contributed by atoms with van der Waals surface area (Å²) in [5.74, 6) is 4.14. The van der Waals surface area contributed by atoms with E-state index in [-0.39, 0.29) is 17.6 Å². The fourth-order valence-corrected chi connectivity index (χ4v) is 7.84. The first kappa shape index (κ1) is 21.8. The van der Waals surface area contributed by atoms with Gasteiger partial charge >= 0.3 is 6.09 Å². The van der Waals surface area contributed by atoms with Crippen molar-refractivity contribution in [2.24, 2.45) is 23.2 Å². The summed E-state index contributed by atoms with van der Waals surface area (Å²) in [5.41, 5.74) is 4.21. The smallest absolute Gasteiger partial charge is 0.410 e. The number of benzene rings is 2. The number of amides is 1. The van der Waals surface area contributed by atoms with Gasteiger partial charge in [-0.15, -0.1) is 0 Å². The molecule has 0 bridgehead atoms. The van der Waals surface area contributed by atoms with Gasteiger partial charge in [0.2, 0.25) is 0 Å². The van der Waals surface area contributed by atoms with Crippen LogP contribution in [0.4, 0.5) is 4.79 Å². The fourth-order valence-electron chi connectivity index (χ4n) is 7.84. The Bertz CT molecular complexity index is 1080. The Morgan fingerprint density at radius 1 is 1.06 bits per heavy atom. The molecule has 3 fully saturated rings. The Balaban J connectivity index is 1.21. The topological polar surface area (TPSA) is 48.0 Å². The Morgan fingerprint density at radius 3 is 2.59 bits per heavy atom. The van der Waals surface area contributed by atoms with Crippen LogP contribution in [0.2, 0.25) is 0 Å². The maximum absolute atomic E-state index is 13.1. The van der Waals surface area contributed by atoms with E-state index in [0.29, 0.717) is 30.2 Å². The molecular weight excluding hydrogens is 426 g/mol. The lowest BCUT2D eigenvalue weighted by molar-refractivity contribution is -0.0726. The summed E-state index contributed by atoms with van der Waals surface area (Å²) in [5, 5.41) is 0. The number of fused-ring (bicyclic) bond motifs is 7. The van der Waals surface area contributed by atoms with Crippen LogP contribution in [-0.4, -0.2) is 37.9 Å². The van der Waals surface area contributed by atoms with E-state index in [2.05, 4.69) is 25.1 Å². The SMILES string of the molecule is COc1ccc(CN2C[C@@H]3C[C@H]4[C@@H]5CCc6cc(OC)ccc6[C@H]5CC[C@]4(C)[C@@H]3OC2=O)cc1. The van der Waals surface area contributed by atoms with E-state index in [0.717, 1.165) is 36.4 Å². The average molecular weight is 462 g/mol. The van der Waals surface area contributed by atoms with Crippen molar-refractivity contribution in [2.45, 2.75) is 57.6 Å². The molecule has 4 aliphatic rings. The molecule has 1 heterocycles. The molecular formula is C29H35NO4. The highest BCUT2D eigenvalue weighted by Gasteiger charge is 2.61. The van der Waals surface area contributed by atoms with E-state index in [1.807, 2.05) is 29.2 Å². The van der Waals surface area contributed by atoms with Crippen LogP contribution in [-0.2, 0) is 17.7 Å². The zero-order valence-corrected chi connectivity index (χ0v) is 20.5. The number of hydrogen-bond acceptors (Lipinski definition) is 4. The van der Waals surface area contributed by atoms with Crippen molar-refractivity contribution >= 4 is 6.09 Å². The van der Waals surface area contributed by atoms with Crippen LogP contribution in [0, 0.1) is 23.2 Å². The summed E-state index contributed by atoms with van der Waals surface area (Å²) >= 11 is 0. The lowest BCUT2D eigenvalue weighted by atomic mass is 9.55. The number of ether oxygens (including phenoxy) is 3. The van der Waals surface area contributed by atoms with E-state index in [1.165, 1.54) is 30.4 Å². The molecule has 6 atom stereocenters. The Hall–Kier alpha value is -2.69. The van der Waals surface area contributed by atoms with Gasteiger partial charge < -0.3 is 19.1 Å². The van der Waals surface area contributed by atoms with Crippen LogP contribution in [0.5, 0.6) is 11.5 Å². The zero-order chi connectivity index (χ0) is 23.4. The number of carbonyl (C=O) groups excluding carboxylic acids is 1. The minimum absolute atomic E-state index is 0.0512. The standard InChI is InChI=1S/C29H35NO4/c1-29-13-12-24-23-11-9-22(33-3)14-19(23)6-10-25(24)26(29)15-20-17-30(28(31)34-27(20)29)16-18-4-7-21(32-2)8-5-18/h4-5,7-9,11,14,20,24-27H,6,10,12-13,15-17H2,1-3H3/t20-,24+,25+,26-,27+,29-/m0/s1. The first-order valence-electron chi connectivity index (χ1n) is 12.8. The summed E-state index contributed by atoms with van der Waals surface area (Å²) in [6.45, 7) is 3.80. The van der Waals surface area contributed by atoms with Gasteiger partial charge in [0.15, 0.2) is 0 Å². The van der Waals surface area contributed by atoms with Crippen molar-refractivity contribution in [3.8, 4) is 11.5 Å². The first-order chi connectivity index (χ1) is 16.5. The molecule has 2 saturated carbocycles. The van der Waals surface area contributed by atoms with Crippen molar-refractivity contribution < 1.29 is 19.0 Å². The van der Waals surface area contributed by atoms with Gasteiger partial charge in [-0.1, -0.05) is 25.1 Å². The molecule has 0 unspecified atom stereocenters. The third kappa shape index (κ3) is 3.38. The van der Waals surface area contributed by atoms with Crippen molar-refractivity contribution in [1.82, 2.24) is 4.90 Å². The minimum atomic E-state index is -0.151. The van der Waals surface area contributed by atoms with Crippen molar-refractivity contribution in [3.05, 3.63) is 59.2 Å². The maximum Gasteiger partial charge on any atom is 0.410 e. The van der Waals surface area contributed by atoms with Crippen molar-refractivity contribution in [3.63, 3.8) is 0 Å². The zero-order valence-electron chi connectivity index (χ0n) is 20.5.